The first-order valence-electron chi connectivity index (χ1n) is 5.50. The Labute approximate surface area is 95.6 Å². The first-order chi connectivity index (χ1) is 7.06. The Morgan fingerprint density at radius 1 is 1.40 bits per heavy atom. The van der Waals surface area contributed by atoms with E-state index in [4.69, 9.17) is 5.11 Å². The van der Waals surface area contributed by atoms with Crippen LogP contribution >= 0.6 is 11.8 Å². The van der Waals surface area contributed by atoms with Crippen LogP contribution in [0.25, 0.3) is 0 Å². The molecule has 0 aliphatic carbocycles. The first-order valence-corrected chi connectivity index (χ1v) is 6.48. The number of hydrogen-bond donors (Lipinski definition) is 1. The normalized spacial score (nSPS) is 14.9. The second-order valence-electron chi connectivity index (χ2n) is 3.88. The van der Waals surface area contributed by atoms with E-state index < -0.39 is 10.7 Å². The van der Waals surface area contributed by atoms with Gasteiger partial charge in [-0.3, -0.25) is 9.18 Å². The average Bonchev–Trinajstić information content (AvgIpc) is 2.18. The van der Waals surface area contributed by atoms with E-state index in [1.165, 1.54) is 11.8 Å². The smallest absolute Gasteiger partial charge is 0.319 e. The van der Waals surface area contributed by atoms with Crippen molar-refractivity contribution in [1.82, 2.24) is 0 Å². The van der Waals surface area contributed by atoms with Crippen LogP contribution in [0.3, 0.4) is 0 Å². The van der Waals surface area contributed by atoms with Gasteiger partial charge in [0.1, 0.15) is 4.75 Å². The lowest BCUT2D eigenvalue weighted by Crippen LogP contribution is -2.31. The average molecular weight is 236 g/mol. The molecule has 0 heterocycles. The molecule has 0 aromatic heterocycles. The van der Waals surface area contributed by atoms with Gasteiger partial charge in [-0.2, -0.15) is 0 Å². The van der Waals surface area contributed by atoms with Gasteiger partial charge in [0.05, 0.1) is 6.67 Å². The van der Waals surface area contributed by atoms with Crippen LogP contribution in [0.4, 0.5) is 4.39 Å². The molecule has 0 aromatic rings. The van der Waals surface area contributed by atoms with E-state index in [0.717, 1.165) is 19.3 Å². The molecule has 1 unspecified atom stereocenters. The summed E-state index contributed by atoms with van der Waals surface area (Å²) in [4.78, 5) is 11.1. The molecule has 0 aromatic carbocycles. The summed E-state index contributed by atoms with van der Waals surface area (Å²) < 4.78 is 11.2. The van der Waals surface area contributed by atoms with Crippen LogP contribution in [0, 0.1) is 0 Å². The summed E-state index contributed by atoms with van der Waals surface area (Å²) in [7, 11) is 0. The number of aliphatic carboxylic acids is 1. The Hall–Kier alpha value is -0.250. The van der Waals surface area contributed by atoms with Crippen molar-refractivity contribution in [1.29, 1.82) is 0 Å². The molecule has 0 aliphatic rings. The molecule has 0 spiro atoms. The van der Waals surface area contributed by atoms with Crippen molar-refractivity contribution < 1.29 is 14.3 Å². The van der Waals surface area contributed by atoms with Crippen molar-refractivity contribution >= 4 is 17.7 Å². The fourth-order valence-corrected chi connectivity index (χ4v) is 2.42. The highest BCUT2D eigenvalue weighted by Crippen LogP contribution is 2.31. The molecule has 0 bridgehead atoms. The van der Waals surface area contributed by atoms with Gasteiger partial charge in [-0.15, -0.1) is 11.8 Å². The van der Waals surface area contributed by atoms with Gasteiger partial charge in [0.2, 0.25) is 0 Å². The summed E-state index contributed by atoms with van der Waals surface area (Å²) in [6.07, 6.45) is 4.20. The molecule has 0 rings (SSSR count). The van der Waals surface area contributed by atoms with Gasteiger partial charge in [0, 0.05) is 0 Å². The van der Waals surface area contributed by atoms with Crippen LogP contribution in [0.5, 0.6) is 0 Å². The Kier molecular flexibility index (Phi) is 7.83. The molecule has 0 fully saturated rings. The van der Waals surface area contributed by atoms with Crippen LogP contribution in [-0.2, 0) is 4.79 Å². The number of alkyl halides is 1. The molecule has 0 amide bonds. The number of carboxylic acids is 1. The van der Waals surface area contributed by atoms with Crippen LogP contribution in [0.15, 0.2) is 0 Å². The zero-order valence-corrected chi connectivity index (χ0v) is 10.4. The summed E-state index contributed by atoms with van der Waals surface area (Å²) in [6, 6.07) is 0. The van der Waals surface area contributed by atoms with Gasteiger partial charge < -0.3 is 5.11 Å². The number of halogens is 1. The van der Waals surface area contributed by atoms with Gasteiger partial charge in [-0.1, -0.05) is 26.2 Å². The SMILES string of the molecule is CCCCCC(C)(SCCCF)C(=O)O. The second kappa shape index (κ2) is 7.97. The Morgan fingerprint density at radius 3 is 2.53 bits per heavy atom. The topological polar surface area (TPSA) is 37.3 Å². The largest absolute Gasteiger partial charge is 0.480 e. The second-order valence-corrected chi connectivity index (χ2v) is 5.48. The number of unbranched alkanes of at least 4 members (excludes halogenated alkanes) is 2. The van der Waals surface area contributed by atoms with Gasteiger partial charge in [0.25, 0.3) is 0 Å². The van der Waals surface area contributed by atoms with E-state index in [9.17, 15) is 9.18 Å². The predicted octanol–water partition coefficient (Wildman–Crippen LogP) is 3.50. The van der Waals surface area contributed by atoms with Crippen molar-refractivity contribution in [2.75, 3.05) is 12.4 Å². The molecule has 90 valence electrons. The van der Waals surface area contributed by atoms with E-state index in [1.54, 1.807) is 6.92 Å². The van der Waals surface area contributed by atoms with Gasteiger partial charge in [-0.05, 0) is 25.5 Å². The lowest BCUT2D eigenvalue weighted by Gasteiger charge is -2.23. The highest BCUT2D eigenvalue weighted by atomic mass is 32.2. The molecule has 1 N–H and O–H groups in total. The molecule has 0 radical (unpaired) electrons. The summed E-state index contributed by atoms with van der Waals surface area (Å²) in [6.45, 7) is 3.47. The Bertz CT molecular complexity index is 175. The van der Waals surface area contributed by atoms with Crippen molar-refractivity contribution in [2.24, 2.45) is 0 Å². The minimum absolute atomic E-state index is 0.363. The molecule has 0 saturated heterocycles. The minimum atomic E-state index is -0.775. The Morgan fingerprint density at radius 2 is 2.07 bits per heavy atom. The summed E-state index contributed by atoms with van der Waals surface area (Å²) in [5, 5.41) is 9.12. The number of carboxylic acid groups (broad SMARTS) is 1. The third-order valence-electron chi connectivity index (χ3n) is 2.41. The zero-order valence-electron chi connectivity index (χ0n) is 9.59. The maximum Gasteiger partial charge on any atom is 0.319 e. The molecular formula is C11H21FO2S. The standard InChI is InChI=1S/C11H21FO2S/c1-3-4-5-7-11(2,10(13)14)15-9-6-8-12/h3-9H2,1-2H3,(H,13,14). The first kappa shape index (κ1) is 14.8. The van der Waals surface area contributed by atoms with Crippen LogP contribution in [0.2, 0.25) is 0 Å². The van der Waals surface area contributed by atoms with E-state index in [2.05, 4.69) is 6.92 Å². The fourth-order valence-electron chi connectivity index (χ4n) is 1.31. The summed E-state index contributed by atoms with van der Waals surface area (Å²) in [5.74, 6) is -0.187. The molecule has 15 heavy (non-hydrogen) atoms. The monoisotopic (exact) mass is 236 g/mol. The molecule has 0 saturated carbocycles. The van der Waals surface area contributed by atoms with E-state index in [0.29, 0.717) is 18.6 Å². The lowest BCUT2D eigenvalue weighted by atomic mass is 10.0. The minimum Gasteiger partial charge on any atom is -0.480 e. The summed E-state index contributed by atoms with van der Waals surface area (Å²) in [5.41, 5.74) is 0. The number of rotatable bonds is 9. The maximum absolute atomic E-state index is 11.9. The quantitative estimate of drug-likeness (QED) is 0.622. The third kappa shape index (κ3) is 6.03. The molecule has 0 aliphatic heterocycles. The molecule has 4 heteroatoms. The number of hydrogen-bond acceptors (Lipinski definition) is 2. The van der Waals surface area contributed by atoms with Crippen molar-refractivity contribution in [3.63, 3.8) is 0 Å². The highest BCUT2D eigenvalue weighted by Gasteiger charge is 2.32. The Balaban J connectivity index is 4.01. The molecular weight excluding hydrogens is 215 g/mol. The van der Waals surface area contributed by atoms with Gasteiger partial charge in [-0.25, -0.2) is 0 Å². The number of thioether (sulfide) groups is 1. The van der Waals surface area contributed by atoms with E-state index >= 15 is 0 Å². The van der Waals surface area contributed by atoms with Crippen LogP contribution < -0.4 is 0 Å². The predicted molar refractivity (Wildman–Crippen MR) is 63.2 cm³/mol. The van der Waals surface area contributed by atoms with Crippen molar-refractivity contribution in [3.8, 4) is 0 Å². The lowest BCUT2D eigenvalue weighted by molar-refractivity contribution is -0.139. The van der Waals surface area contributed by atoms with Gasteiger partial charge >= 0.3 is 5.97 Å². The van der Waals surface area contributed by atoms with Crippen LogP contribution in [-0.4, -0.2) is 28.3 Å². The number of carbonyl (C=O) groups is 1. The maximum atomic E-state index is 11.9. The molecule has 1 atom stereocenters. The van der Waals surface area contributed by atoms with Crippen molar-refractivity contribution in [2.45, 2.75) is 50.7 Å². The van der Waals surface area contributed by atoms with Crippen molar-refractivity contribution in [3.05, 3.63) is 0 Å². The van der Waals surface area contributed by atoms with E-state index in [-0.39, 0.29) is 6.67 Å². The van der Waals surface area contributed by atoms with Crippen LogP contribution in [0.1, 0.15) is 46.0 Å². The third-order valence-corrected chi connectivity index (χ3v) is 3.92. The molecule has 2 nitrogen and oxygen atoms in total. The summed E-state index contributed by atoms with van der Waals surface area (Å²) >= 11 is 1.37. The van der Waals surface area contributed by atoms with E-state index in [1.807, 2.05) is 0 Å². The zero-order chi connectivity index (χ0) is 11.7. The van der Waals surface area contributed by atoms with Gasteiger partial charge in [0.15, 0.2) is 0 Å². The highest BCUT2D eigenvalue weighted by molar-refractivity contribution is 8.01. The fraction of sp³-hybridized carbons (Fsp3) is 0.909.